The minimum atomic E-state index is -0.250. The molecule has 0 spiro atoms. The van der Waals surface area contributed by atoms with Gasteiger partial charge in [0.1, 0.15) is 13.2 Å². The summed E-state index contributed by atoms with van der Waals surface area (Å²) in [5.74, 6) is -0.250. The fourth-order valence-electron chi connectivity index (χ4n) is 1.23. The highest BCUT2D eigenvalue weighted by molar-refractivity contribution is 9.08. The molecule has 5 heteroatoms. The standard InChI is InChI=1S/C13H19BrNO2.HI/c1-15(2,3)8-9-17-13(16)12-6-4-11(10-14)5-7-12;/h4-7H,8-10H2,1-3H3;1H/q+1;/p-1. The van der Waals surface area contributed by atoms with Crippen LogP contribution in [0.3, 0.4) is 0 Å². The minimum Gasteiger partial charge on any atom is -1.00 e. The molecule has 1 aromatic carbocycles. The molecular weight excluding hydrogens is 409 g/mol. The van der Waals surface area contributed by atoms with Gasteiger partial charge in [-0.05, 0) is 17.7 Å². The zero-order valence-electron chi connectivity index (χ0n) is 11.0. The summed E-state index contributed by atoms with van der Waals surface area (Å²) >= 11 is 3.36. The van der Waals surface area contributed by atoms with Gasteiger partial charge in [0.2, 0.25) is 0 Å². The number of carbonyl (C=O) groups excluding carboxylic acids is 1. The summed E-state index contributed by atoms with van der Waals surface area (Å²) in [7, 11) is 6.20. The number of carbonyl (C=O) groups is 1. The van der Waals surface area contributed by atoms with Gasteiger partial charge in [0, 0.05) is 5.33 Å². The van der Waals surface area contributed by atoms with Crippen molar-refractivity contribution < 1.29 is 38.0 Å². The molecule has 0 aliphatic heterocycles. The highest BCUT2D eigenvalue weighted by atomic mass is 127. The summed E-state index contributed by atoms with van der Waals surface area (Å²) in [6.45, 7) is 1.26. The van der Waals surface area contributed by atoms with Gasteiger partial charge in [0.25, 0.3) is 0 Å². The largest absolute Gasteiger partial charge is 1.00 e. The minimum absolute atomic E-state index is 0. The van der Waals surface area contributed by atoms with Gasteiger partial charge >= 0.3 is 5.97 Å². The number of halogens is 2. The molecule has 0 saturated heterocycles. The average Bonchev–Trinajstić information content (AvgIpc) is 2.27. The second-order valence-electron chi connectivity index (χ2n) is 4.98. The second kappa shape index (κ2) is 8.12. The highest BCUT2D eigenvalue weighted by Crippen LogP contribution is 2.09. The van der Waals surface area contributed by atoms with Crippen LogP contribution in [0, 0.1) is 0 Å². The van der Waals surface area contributed by atoms with Crippen LogP contribution >= 0.6 is 15.9 Å². The van der Waals surface area contributed by atoms with E-state index in [0.717, 1.165) is 21.9 Å². The van der Waals surface area contributed by atoms with Crippen LogP contribution < -0.4 is 24.0 Å². The topological polar surface area (TPSA) is 26.3 Å². The number of rotatable bonds is 5. The van der Waals surface area contributed by atoms with Crippen molar-refractivity contribution in [3.05, 3.63) is 35.4 Å². The zero-order chi connectivity index (χ0) is 12.9. The lowest BCUT2D eigenvalue weighted by Gasteiger charge is -2.23. The summed E-state index contributed by atoms with van der Waals surface area (Å²) in [6.07, 6.45) is 0. The number of hydrogen-bond acceptors (Lipinski definition) is 2. The smallest absolute Gasteiger partial charge is 0.338 e. The van der Waals surface area contributed by atoms with Crippen LogP contribution in [0.4, 0.5) is 0 Å². The SMILES string of the molecule is C[N+](C)(C)CCOC(=O)c1ccc(CBr)cc1.[I-]. The Labute approximate surface area is 134 Å². The van der Waals surface area contributed by atoms with Crippen molar-refractivity contribution in [3.63, 3.8) is 0 Å². The van der Waals surface area contributed by atoms with Crippen LogP contribution in [-0.4, -0.2) is 44.7 Å². The quantitative estimate of drug-likeness (QED) is 0.273. The third kappa shape index (κ3) is 6.70. The molecule has 0 saturated carbocycles. The Hall–Kier alpha value is -0.140. The van der Waals surface area contributed by atoms with Gasteiger partial charge in [-0.2, -0.15) is 0 Å². The summed E-state index contributed by atoms with van der Waals surface area (Å²) in [6, 6.07) is 7.44. The maximum Gasteiger partial charge on any atom is 0.338 e. The maximum atomic E-state index is 11.7. The number of likely N-dealkylation sites (N-methyl/N-ethyl adjacent to an activating group) is 1. The van der Waals surface area contributed by atoms with Gasteiger partial charge < -0.3 is 33.2 Å². The van der Waals surface area contributed by atoms with Gasteiger partial charge in [-0.3, -0.25) is 0 Å². The molecule has 18 heavy (non-hydrogen) atoms. The first-order valence-electron chi connectivity index (χ1n) is 5.55. The Balaban J connectivity index is 0.00000289. The Morgan fingerprint density at radius 1 is 1.22 bits per heavy atom. The van der Waals surface area contributed by atoms with E-state index < -0.39 is 0 Å². The number of benzene rings is 1. The molecule has 0 radical (unpaired) electrons. The molecular formula is C13H19BrINO2. The fourth-order valence-corrected chi connectivity index (χ4v) is 1.60. The van der Waals surface area contributed by atoms with Crippen molar-refractivity contribution in [1.82, 2.24) is 0 Å². The summed E-state index contributed by atoms with van der Waals surface area (Å²) in [4.78, 5) is 11.7. The van der Waals surface area contributed by atoms with Crippen molar-refractivity contribution >= 4 is 21.9 Å². The molecule has 0 atom stereocenters. The molecule has 0 bridgehead atoms. The third-order valence-electron chi connectivity index (χ3n) is 2.34. The predicted molar refractivity (Wildman–Crippen MR) is 72.3 cm³/mol. The van der Waals surface area contributed by atoms with Crippen LogP contribution in [0.25, 0.3) is 0 Å². The van der Waals surface area contributed by atoms with E-state index in [-0.39, 0.29) is 29.9 Å². The van der Waals surface area contributed by atoms with Crippen molar-refractivity contribution in [2.75, 3.05) is 34.3 Å². The average molecular weight is 428 g/mol. The Kier molecular flexibility index (Phi) is 8.05. The van der Waals surface area contributed by atoms with Crippen LogP contribution in [0.2, 0.25) is 0 Å². The van der Waals surface area contributed by atoms with E-state index in [9.17, 15) is 4.79 Å². The van der Waals surface area contributed by atoms with E-state index >= 15 is 0 Å². The molecule has 1 rings (SSSR count). The van der Waals surface area contributed by atoms with E-state index in [4.69, 9.17) is 4.74 Å². The zero-order valence-corrected chi connectivity index (χ0v) is 14.7. The molecule has 0 amide bonds. The molecule has 0 aliphatic carbocycles. The molecule has 102 valence electrons. The molecule has 0 aliphatic rings. The number of alkyl halides is 1. The predicted octanol–water partition coefficient (Wildman–Crippen LogP) is -0.551. The van der Waals surface area contributed by atoms with Gasteiger partial charge in [0.15, 0.2) is 0 Å². The molecule has 0 aromatic heterocycles. The highest BCUT2D eigenvalue weighted by Gasteiger charge is 2.10. The van der Waals surface area contributed by atoms with E-state index in [1.807, 2.05) is 12.1 Å². The number of nitrogens with zero attached hydrogens (tertiary/aromatic N) is 1. The van der Waals surface area contributed by atoms with Crippen molar-refractivity contribution in [2.24, 2.45) is 0 Å². The van der Waals surface area contributed by atoms with Crippen LogP contribution in [0.1, 0.15) is 15.9 Å². The van der Waals surface area contributed by atoms with E-state index in [1.165, 1.54) is 0 Å². The number of quaternary nitrogens is 1. The maximum absolute atomic E-state index is 11.7. The van der Waals surface area contributed by atoms with E-state index in [0.29, 0.717) is 12.2 Å². The van der Waals surface area contributed by atoms with Gasteiger partial charge in [-0.1, -0.05) is 28.1 Å². The van der Waals surface area contributed by atoms with Gasteiger partial charge in [0.05, 0.1) is 26.7 Å². The van der Waals surface area contributed by atoms with Crippen LogP contribution in [0.5, 0.6) is 0 Å². The second-order valence-corrected chi connectivity index (χ2v) is 5.54. The number of hydrogen-bond donors (Lipinski definition) is 0. The van der Waals surface area contributed by atoms with Crippen LogP contribution in [0.15, 0.2) is 24.3 Å². The lowest BCUT2D eigenvalue weighted by atomic mass is 10.1. The van der Waals surface area contributed by atoms with Crippen molar-refractivity contribution in [3.8, 4) is 0 Å². The fraction of sp³-hybridized carbons (Fsp3) is 0.462. The monoisotopic (exact) mass is 427 g/mol. The van der Waals surface area contributed by atoms with E-state index in [2.05, 4.69) is 37.1 Å². The first-order valence-corrected chi connectivity index (χ1v) is 6.67. The summed E-state index contributed by atoms with van der Waals surface area (Å²) in [5, 5.41) is 0.795. The Morgan fingerprint density at radius 2 is 1.78 bits per heavy atom. The summed E-state index contributed by atoms with van der Waals surface area (Å²) in [5.41, 5.74) is 1.75. The van der Waals surface area contributed by atoms with Crippen LogP contribution in [-0.2, 0) is 10.1 Å². The first-order chi connectivity index (χ1) is 7.92. The normalized spacial score (nSPS) is 10.7. The van der Waals surface area contributed by atoms with Gasteiger partial charge in [-0.15, -0.1) is 0 Å². The lowest BCUT2D eigenvalue weighted by molar-refractivity contribution is -0.870. The Bertz CT molecular complexity index is 374. The molecule has 0 heterocycles. The third-order valence-corrected chi connectivity index (χ3v) is 2.99. The number of esters is 1. The number of ether oxygens (including phenoxy) is 1. The molecule has 0 unspecified atom stereocenters. The first kappa shape index (κ1) is 17.9. The molecule has 0 N–H and O–H groups in total. The molecule has 0 fully saturated rings. The van der Waals surface area contributed by atoms with Crippen molar-refractivity contribution in [2.45, 2.75) is 5.33 Å². The van der Waals surface area contributed by atoms with Gasteiger partial charge in [-0.25, -0.2) is 4.79 Å². The lowest BCUT2D eigenvalue weighted by Crippen LogP contribution is -3.00. The molecule has 3 nitrogen and oxygen atoms in total. The van der Waals surface area contributed by atoms with E-state index in [1.54, 1.807) is 12.1 Å². The molecule has 1 aromatic rings. The Morgan fingerprint density at radius 3 is 2.22 bits per heavy atom. The summed E-state index contributed by atoms with van der Waals surface area (Å²) < 4.78 is 6.00. The van der Waals surface area contributed by atoms with Crippen molar-refractivity contribution in [1.29, 1.82) is 0 Å².